The van der Waals surface area contributed by atoms with Crippen LogP contribution in [0.2, 0.25) is 0 Å². The lowest BCUT2D eigenvalue weighted by molar-refractivity contribution is -0.141. The van der Waals surface area contributed by atoms with Crippen LogP contribution in [0.5, 0.6) is 0 Å². The molecular weight excluding hydrogens is 286 g/mol. The highest BCUT2D eigenvalue weighted by Crippen LogP contribution is 2.07. The van der Waals surface area contributed by atoms with Crippen LogP contribution < -0.4 is 5.32 Å². The number of carboxylic acids is 1. The molecule has 2 N–H and O–H groups in total. The maximum absolute atomic E-state index is 11.6. The summed E-state index contributed by atoms with van der Waals surface area (Å²) in [7, 11) is 0. The van der Waals surface area contributed by atoms with Gasteiger partial charge in [0.1, 0.15) is 5.60 Å². The monoisotopic (exact) mass is 309 g/mol. The van der Waals surface area contributed by atoms with E-state index in [0.717, 1.165) is 5.56 Å². The van der Waals surface area contributed by atoms with Gasteiger partial charge in [0.2, 0.25) is 0 Å². The molecule has 0 aliphatic carbocycles. The highest BCUT2D eigenvalue weighted by atomic mass is 16.6. The molecule has 6 heteroatoms. The molecule has 0 heterocycles. The third-order valence-corrected chi connectivity index (χ3v) is 2.65. The second-order valence-electron chi connectivity index (χ2n) is 5.85. The normalized spacial score (nSPS) is 12.5. The van der Waals surface area contributed by atoms with Gasteiger partial charge in [0.15, 0.2) is 6.04 Å². The van der Waals surface area contributed by atoms with Crippen molar-refractivity contribution in [2.24, 2.45) is 0 Å². The number of aliphatic carboxylic acids is 1. The van der Waals surface area contributed by atoms with Gasteiger partial charge in [-0.2, -0.15) is 0 Å². The second-order valence-corrected chi connectivity index (χ2v) is 5.85. The van der Waals surface area contributed by atoms with Crippen molar-refractivity contribution >= 4 is 12.1 Å². The van der Waals surface area contributed by atoms with Gasteiger partial charge in [-0.05, 0) is 32.8 Å². The first kappa shape index (κ1) is 18.0. The number of carbonyl (C=O) groups is 2. The zero-order chi connectivity index (χ0) is 16.6. The van der Waals surface area contributed by atoms with Gasteiger partial charge in [-0.1, -0.05) is 30.3 Å². The van der Waals surface area contributed by atoms with Crippen molar-refractivity contribution < 1.29 is 24.2 Å². The number of ether oxygens (including phenoxy) is 2. The average Bonchev–Trinajstić information content (AvgIpc) is 2.41. The van der Waals surface area contributed by atoms with Crippen LogP contribution >= 0.6 is 0 Å². The highest BCUT2D eigenvalue weighted by Gasteiger charge is 2.23. The van der Waals surface area contributed by atoms with Crippen LogP contribution in [-0.4, -0.2) is 42.0 Å². The molecule has 0 bridgehead atoms. The molecule has 122 valence electrons. The van der Waals surface area contributed by atoms with Gasteiger partial charge in [-0.25, -0.2) is 9.59 Å². The largest absolute Gasteiger partial charge is 0.480 e. The van der Waals surface area contributed by atoms with Crippen LogP contribution in [0.4, 0.5) is 4.79 Å². The van der Waals surface area contributed by atoms with Crippen molar-refractivity contribution in [2.75, 3.05) is 13.2 Å². The molecule has 0 saturated carbocycles. The molecule has 1 aromatic carbocycles. The molecule has 0 radical (unpaired) electrons. The van der Waals surface area contributed by atoms with E-state index in [0.29, 0.717) is 13.0 Å². The number of hydrogen-bond donors (Lipinski definition) is 2. The molecular formula is C16H23NO5. The fourth-order valence-corrected chi connectivity index (χ4v) is 1.66. The van der Waals surface area contributed by atoms with Crippen molar-refractivity contribution in [3.05, 3.63) is 35.9 Å². The van der Waals surface area contributed by atoms with Crippen LogP contribution in [0.1, 0.15) is 26.3 Å². The minimum absolute atomic E-state index is 0.110. The molecule has 0 fully saturated rings. The van der Waals surface area contributed by atoms with E-state index in [2.05, 4.69) is 5.32 Å². The predicted octanol–water partition coefficient (Wildman–Crippen LogP) is 2.22. The molecule has 0 saturated heterocycles. The zero-order valence-corrected chi connectivity index (χ0v) is 13.2. The maximum Gasteiger partial charge on any atom is 0.408 e. The SMILES string of the molecule is CC(C)(C)OC(=O)NC(COCCc1ccccc1)C(=O)O. The molecule has 1 rings (SSSR count). The molecule has 1 atom stereocenters. The number of rotatable bonds is 7. The Balaban J connectivity index is 2.35. The Kier molecular flexibility index (Phi) is 6.85. The first-order valence-corrected chi connectivity index (χ1v) is 7.12. The van der Waals surface area contributed by atoms with Crippen LogP contribution in [0.3, 0.4) is 0 Å². The fourth-order valence-electron chi connectivity index (χ4n) is 1.66. The van der Waals surface area contributed by atoms with Crippen molar-refractivity contribution in [1.82, 2.24) is 5.32 Å². The lowest BCUT2D eigenvalue weighted by Gasteiger charge is -2.22. The number of carboxylic acid groups (broad SMARTS) is 1. The van der Waals surface area contributed by atoms with E-state index in [1.54, 1.807) is 20.8 Å². The van der Waals surface area contributed by atoms with Crippen LogP contribution in [0, 0.1) is 0 Å². The first-order valence-electron chi connectivity index (χ1n) is 7.12. The third kappa shape index (κ3) is 7.64. The van der Waals surface area contributed by atoms with Gasteiger partial charge in [0.25, 0.3) is 0 Å². The molecule has 0 aromatic heterocycles. The minimum atomic E-state index is -1.16. The van der Waals surface area contributed by atoms with Crippen molar-refractivity contribution in [3.8, 4) is 0 Å². The standard InChI is InChI=1S/C16H23NO5/c1-16(2,3)22-15(20)17-13(14(18)19)11-21-10-9-12-7-5-4-6-8-12/h4-8,13H,9-11H2,1-3H3,(H,17,20)(H,18,19). The number of benzene rings is 1. The van der Waals surface area contributed by atoms with Crippen LogP contribution in [0.15, 0.2) is 30.3 Å². The lowest BCUT2D eigenvalue weighted by Crippen LogP contribution is -2.46. The lowest BCUT2D eigenvalue weighted by atomic mass is 10.2. The summed E-state index contributed by atoms with van der Waals surface area (Å²) in [5.74, 6) is -1.16. The summed E-state index contributed by atoms with van der Waals surface area (Å²) < 4.78 is 10.4. The van der Waals surface area contributed by atoms with E-state index in [9.17, 15) is 9.59 Å². The van der Waals surface area contributed by atoms with E-state index in [1.165, 1.54) is 0 Å². The summed E-state index contributed by atoms with van der Waals surface area (Å²) >= 11 is 0. The van der Waals surface area contributed by atoms with Gasteiger partial charge < -0.3 is 19.9 Å². The van der Waals surface area contributed by atoms with E-state index < -0.39 is 23.7 Å². The zero-order valence-electron chi connectivity index (χ0n) is 13.2. The van der Waals surface area contributed by atoms with E-state index in [-0.39, 0.29) is 6.61 Å². The number of carbonyl (C=O) groups excluding carboxylic acids is 1. The minimum Gasteiger partial charge on any atom is -0.480 e. The topological polar surface area (TPSA) is 84.9 Å². The van der Waals surface area contributed by atoms with Gasteiger partial charge >= 0.3 is 12.1 Å². The predicted molar refractivity (Wildman–Crippen MR) is 81.8 cm³/mol. The Labute approximate surface area is 130 Å². The summed E-state index contributed by atoms with van der Waals surface area (Å²) in [4.78, 5) is 22.7. The van der Waals surface area contributed by atoms with E-state index in [4.69, 9.17) is 14.6 Å². The summed E-state index contributed by atoms with van der Waals surface area (Å²) in [6.45, 7) is 5.39. The Morgan fingerprint density at radius 2 is 1.86 bits per heavy atom. The number of nitrogens with one attached hydrogen (secondary N) is 1. The molecule has 1 aromatic rings. The van der Waals surface area contributed by atoms with Crippen LogP contribution in [0.25, 0.3) is 0 Å². The van der Waals surface area contributed by atoms with Gasteiger partial charge in [0.05, 0.1) is 13.2 Å². The molecule has 0 spiro atoms. The molecule has 0 aliphatic heterocycles. The molecule has 1 amide bonds. The number of alkyl carbamates (subject to hydrolysis) is 1. The Hall–Kier alpha value is -2.08. The molecule has 1 unspecified atom stereocenters. The van der Waals surface area contributed by atoms with Gasteiger partial charge in [-0.15, -0.1) is 0 Å². The Morgan fingerprint density at radius 1 is 1.23 bits per heavy atom. The summed E-state index contributed by atoms with van der Waals surface area (Å²) in [6, 6.07) is 8.59. The summed E-state index contributed by atoms with van der Waals surface area (Å²) in [5.41, 5.74) is 0.427. The average molecular weight is 309 g/mol. The number of hydrogen-bond acceptors (Lipinski definition) is 4. The third-order valence-electron chi connectivity index (χ3n) is 2.65. The highest BCUT2D eigenvalue weighted by molar-refractivity contribution is 5.80. The molecule has 22 heavy (non-hydrogen) atoms. The van der Waals surface area contributed by atoms with Crippen LogP contribution in [-0.2, 0) is 20.7 Å². The molecule has 6 nitrogen and oxygen atoms in total. The Morgan fingerprint density at radius 3 is 2.41 bits per heavy atom. The van der Waals surface area contributed by atoms with Crippen molar-refractivity contribution in [3.63, 3.8) is 0 Å². The summed E-state index contributed by atoms with van der Waals surface area (Å²) in [6.07, 6.45) is -0.0915. The first-order chi connectivity index (χ1) is 10.3. The van der Waals surface area contributed by atoms with E-state index in [1.807, 2.05) is 30.3 Å². The number of amides is 1. The maximum atomic E-state index is 11.6. The quantitative estimate of drug-likeness (QED) is 0.754. The summed E-state index contributed by atoms with van der Waals surface area (Å²) in [5, 5.41) is 11.4. The van der Waals surface area contributed by atoms with Crippen molar-refractivity contribution in [1.29, 1.82) is 0 Å². The molecule has 0 aliphatic rings. The Bertz CT molecular complexity index is 481. The smallest absolute Gasteiger partial charge is 0.408 e. The van der Waals surface area contributed by atoms with Crippen molar-refractivity contribution in [2.45, 2.75) is 38.8 Å². The van der Waals surface area contributed by atoms with E-state index >= 15 is 0 Å². The second kappa shape index (κ2) is 8.38. The fraction of sp³-hybridized carbons (Fsp3) is 0.500. The van der Waals surface area contributed by atoms with Gasteiger partial charge in [-0.3, -0.25) is 0 Å². The van der Waals surface area contributed by atoms with Gasteiger partial charge in [0, 0.05) is 0 Å².